The van der Waals surface area contributed by atoms with Gasteiger partial charge in [0.15, 0.2) is 0 Å². The van der Waals surface area contributed by atoms with Gasteiger partial charge in [-0.1, -0.05) is 11.6 Å². The zero-order valence-electron chi connectivity index (χ0n) is 7.42. The second kappa shape index (κ2) is 3.79. The Morgan fingerprint density at radius 3 is 2.19 bits per heavy atom. The van der Waals surface area contributed by atoms with Gasteiger partial charge in [-0.3, -0.25) is 4.55 Å². The topological polar surface area (TPSA) is 80.4 Å². The lowest BCUT2D eigenvalue weighted by Crippen LogP contribution is -2.11. The van der Waals surface area contributed by atoms with Gasteiger partial charge in [0, 0.05) is 5.69 Å². The highest BCUT2D eigenvalue weighted by Gasteiger charge is 2.35. The lowest BCUT2D eigenvalue weighted by Gasteiger charge is -2.11. The molecule has 0 radical (unpaired) electrons. The van der Waals surface area contributed by atoms with E-state index in [4.69, 9.17) is 21.9 Å². The van der Waals surface area contributed by atoms with Gasteiger partial charge in [-0.15, -0.1) is 0 Å². The lowest BCUT2D eigenvalue weighted by molar-refractivity contribution is -0.137. The number of hydrogen-bond donors (Lipinski definition) is 2. The molecule has 0 aromatic heterocycles. The summed E-state index contributed by atoms with van der Waals surface area (Å²) >= 11 is 5.35. The number of halogens is 4. The first-order valence-corrected chi connectivity index (χ1v) is 5.49. The van der Waals surface area contributed by atoms with Crippen molar-refractivity contribution < 1.29 is 26.1 Å². The smallest absolute Gasteiger partial charge is 0.398 e. The molecule has 0 spiro atoms. The quantitative estimate of drug-likeness (QED) is 0.608. The molecule has 0 bridgehead atoms. The third kappa shape index (κ3) is 2.57. The van der Waals surface area contributed by atoms with E-state index in [1.807, 2.05) is 0 Å². The van der Waals surface area contributed by atoms with Gasteiger partial charge in [0.1, 0.15) is 4.90 Å². The van der Waals surface area contributed by atoms with Crippen LogP contribution in [0.2, 0.25) is 5.02 Å². The summed E-state index contributed by atoms with van der Waals surface area (Å²) in [5, 5.41) is -0.576. The molecule has 0 heterocycles. The van der Waals surface area contributed by atoms with Crippen LogP contribution in [-0.4, -0.2) is 13.0 Å². The first kappa shape index (κ1) is 13.1. The van der Waals surface area contributed by atoms with Crippen LogP contribution in [0, 0.1) is 0 Å². The molecule has 9 heteroatoms. The normalized spacial score (nSPS) is 12.8. The number of nitrogens with two attached hydrogens (primary N) is 1. The summed E-state index contributed by atoms with van der Waals surface area (Å²) in [4.78, 5) is -1.03. The molecular weight excluding hydrogens is 271 g/mol. The molecule has 0 fully saturated rings. The van der Waals surface area contributed by atoms with Crippen LogP contribution in [0.1, 0.15) is 5.56 Å². The summed E-state index contributed by atoms with van der Waals surface area (Å²) in [7, 11) is -4.82. The average Bonchev–Trinajstić information content (AvgIpc) is 1.97. The van der Waals surface area contributed by atoms with E-state index in [0.29, 0.717) is 6.07 Å². The van der Waals surface area contributed by atoms with Gasteiger partial charge in [0.25, 0.3) is 10.1 Å². The molecule has 3 N–H and O–H groups in total. The minimum atomic E-state index is -4.83. The molecule has 0 aliphatic rings. The van der Waals surface area contributed by atoms with Gasteiger partial charge >= 0.3 is 6.18 Å². The third-order valence-corrected chi connectivity index (χ3v) is 3.01. The van der Waals surface area contributed by atoms with Gasteiger partial charge in [-0.05, 0) is 12.1 Å². The summed E-state index contributed by atoms with van der Waals surface area (Å²) < 4.78 is 67.1. The summed E-state index contributed by atoms with van der Waals surface area (Å²) in [6, 6.07) is 0.806. The monoisotopic (exact) mass is 275 g/mol. The van der Waals surface area contributed by atoms with E-state index < -0.39 is 37.5 Å². The van der Waals surface area contributed by atoms with Crippen LogP contribution < -0.4 is 5.73 Å². The molecule has 1 rings (SSSR count). The Balaban J connectivity index is 3.58. The van der Waals surface area contributed by atoms with Crippen molar-refractivity contribution in [3.8, 4) is 0 Å². The third-order valence-electron chi connectivity index (χ3n) is 1.69. The highest BCUT2D eigenvalue weighted by atomic mass is 35.5. The van der Waals surface area contributed by atoms with Gasteiger partial charge < -0.3 is 5.73 Å². The second-order valence-corrected chi connectivity index (χ2v) is 4.64. The Morgan fingerprint density at radius 1 is 1.31 bits per heavy atom. The predicted molar refractivity (Wildman–Crippen MR) is 50.7 cm³/mol. The fraction of sp³-hybridized carbons (Fsp3) is 0.143. The summed E-state index contributed by atoms with van der Waals surface area (Å²) in [6.07, 6.45) is -4.83. The molecule has 4 nitrogen and oxygen atoms in total. The maximum atomic E-state index is 12.3. The van der Waals surface area contributed by atoms with E-state index in [-0.39, 0.29) is 6.07 Å². The molecule has 0 aliphatic heterocycles. The summed E-state index contributed by atoms with van der Waals surface area (Å²) in [5.74, 6) is 0. The van der Waals surface area contributed by atoms with Crippen LogP contribution in [-0.2, 0) is 16.3 Å². The minimum Gasteiger partial charge on any atom is -0.398 e. The van der Waals surface area contributed by atoms with Crippen LogP contribution in [0.5, 0.6) is 0 Å². The van der Waals surface area contributed by atoms with E-state index in [1.54, 1.807) is 0 Å². The first-order valence-electron chi connectivity index (χ1n) is 3.67. The van der Waals surface area contributed by atoms with Crippen molar-refractivity contribution in [3.63, 3.8) is 0 Å². The lowest BCUT2D eigenvalue weighted by atomic mass is 10.2. The Morgan fingerprint density at radius 2 is 1.81 bits per heavy atom. The fourth-order valence-electron chi connectivity index (χ4n) is 1.01. The molecule has 0 saturated carbocycles. The number of anilines is 1. The van der Waals surface area contributed by atoms with Gasteiger partial charge in [0.2, 0.25) is 0 Å². The number of hydrogen-bond acceptors (Lipinski definition) is 3. The first-order chi connectivity index (χ1) is 7.03. The van der Waals surface area contributed by atoms with Crippen molar-refractivity contribution in [2.45, 2.75) is 11.1 Å². The number of nitrogen functional groups attached to an aromatic ring is 1. The molecule has 90 valence electrons. The number of benzene rings is 1. The molecule has 0 saturated heterocycles. The highest BCUT2D eigenvalue weighted by molar-refractivity contribution is 7.86. The van der Waals surface area contributed by atoms with Gasteiger partial charge in [-0.2, -0.15) is 21.6 Å². The summed E-state index contributed by atoms with van der Waals surface area (Å²) in [6.45, 7) is 0. The molecule has 0 amide bonds. The molecule has 0 aliphatic carbocycles. The molecular formula is C7H5ClF3NO3S. The Hall–Kier alpha value is -0.990. The minimum absolute atomic E-state index is 0.188. The molecule has 1 aromatic rings. The molecule has 0 atom stereocenters. The second-order valence-electron chi connectivity index (χ2n) is 2.84. The van der Waals surface area contributed by atoms with Crippen molar-refractivity contribution in [1.29, 1.82) is 0 Å². The van der Waals surface area contributed by atoms with Crippen molar-refractivity contribution in [2.24, 2.45) is 0 Å². The van der Waals surface area contributed by atoms with Crippen molar-refractivity contribution >= 4 is 27.4 Å². The zero-order valence-corrected chi connectivity index (χ0v) is 8.99. The SMILES string of the molecule is Nc1cc(Cl)c(S(=O)(=O)O)cc1C(F)(F)F. The standard InChI is InChI=1S/C7H5ClF3NO3S/c8-4-2-5(12)3(7(9,10)11)1-6(4)16(13,14)15/h1-2H,12H2,(H,13,14,15). The molecule has 0 unspecified atom stereocenters. The zero-order chi connectivity index (χ0) is 12.7. The number of rotatable bonds is 1. The highest BCUT2D eigenvalue weighted by Crippen LogP contribution is 2.37. The van der Waals surface area contributed by atoms with E-state index in [0.717, 1.165) is 0 Å². The Labute approximate surface area is 93.6 Å². The van der Waals surface area contributed by atoms with Crippen molar-refractivity contribution in [3.05, 3.63) is 22.7 Å². The largest absolute Gasteiger partial charge is 0.418 e. The van der Waals surface area contributed by atoms with Crippen molar-refractivity contribution in [1.82, 2.24) is 0 Å². The van der Waals surface area contributed by atoms with Gasteiger partial charge in [0.05, 0.1) is 10.6 Å². The maximum Gasteiger partial charge on any atom is 0.418 e. The van der Waals surface area contributed by atoms with Crippen LogP contribution in [0.3, 0.4) is 0 Å². The maximum absolute atomic E-state index is 12.3. The van der Waals surface area contributed by atoms with Crippen LogP contribution in [0.15, 0.2) is 17.0 Å². The fourth-order valence-corrected chi connectivity index (χ4v) is 2.05. The molecule has 16 heavy (non-hydrogen) atoms. The Bertz CT molecular complexity index is 526. The average molecular weight is 276 g/mol. The predicted octanol–water partition coefficient (Wildman–Crippen LogP) is 2.19. The van der Waals surface area contributed by atoms with Gasteiger partial charge in [-0.25, -0.2) is 0 Å². The molecule has 1 aromatic carbocycles. The van der Waals surface area contributed by atoms with Crippen LogP contribution >= 0.6 is 11.6 Å². The van der Waals surface area contributed by atoms with Crippen molar-refractivity contribution in [2.75, 3.05) is 5.73 Å². The Kier molecular flexibility index (Phi) is 3.10. The summed E-state index contributed by atoms with van der Waals surface area (Å²) in [5.41, 5.74) is 2.95. The van der Waals surface area contributed by atoms with E-state index in [9.17, 15) is 21.6 Å². The van der Waals surface area contributed by atoms with E-state index >= 15 is 0 Å². The van der Waals surface area contributed by atoms with Crippen LogP contribution in [0.25, 0.3) is 0 Å². The van der Waals surface area contributed by atoms with Crippen LogP contribution in [0.4, 0.5) is 18.9 Å². The van der Waals surface area contributed by atoms with E-state index in [2.05, 4.69) is 0 Å². The van der Waals surface area contributed by atoms with E-state index in [1.165, 1.54) is 0 Å². The number of alkyl halides is 3.